The average molecular weight is 264 g/mol. The van der Waals surface area contributed by atoms with E-state index in [0.717, 1.165) is 12.8 Å². The number of benzene rings is 1. The Morgan fingerprint density at radius 1 is 1.50 bits per heavy atom. The van der Waals surface area contributed by atoms with E-state index in [1.54, 1.807) is 18.2 Å². The number of nitrogens with two attached hydrogens (primary N) is 1. The van der Waals surface area contributed by atoms with Crippen LogP contribution < -0.4 is 11.1 Å². The number of anilines is 1. The van der Waals surface area contributed by atoms with Gasteiger partial charge in [-0.25, -0.2) is 0 Å². The van der Waals surface area contributed by atoms with Gasteiger partial charge in [-0.3, -0.25) is 4.79 Å². The quantitative estimate of drug-likeness (QED) is 0.859. The van der Waals surface area contributed by atoms with Crippen molar-refractivity contribution < 1.29 is 4.79 Å². The molecule has 0 aliphatic heterocycles. The van der Waals surface area contributed by atoms with Gasteiger partial charge in [-0.1, -0.05) is 11.6 Å². The molecule has 0 spiro atoms. The van der Waals surface area contributed by atoms with Crippen molar-refractivity contribution in [2.24, 2.45) is 11.7 Å². The second-order valence-electron chi connectivity index (χ2n) is 4.56. The number of hydrogen-bond acceptors (Lipinski definition) is 3. The van der Waals surface area contributed by atoms with Crippen LogP contribution in [0.2, 0.25) is 5.02 Å². The van der Waals surface area contributed by atoms with Gasteiger partial charge in [-0.15, -0.1) is 0 Å². The number of carbonyl (C=O) groups is 1. The standard InChI is InChI=1S/C13H14ClN3O/c14-10-3-1-9(7-15)12(6-10)17-13(18)8-2-4-11(16)5-8/h1,3,6,8,11H,2,4-5,16H2,(H,17,18). The average Bonchev–Trinajstić information content (AvgIpc) is 2.76. The summed E-state index contributed by atoms with van der Waals surface area (Å²) in [6, 6.07) is 6.95. The number of rotatable bonds is 2. The van der Waals surface area contributed by atoms with E-state index in [0.29, 0.717) is 22.7 Å². The normalized spacial score (nSPS) is 22.5. The van der Waals surface area contributed by atoms with Crippen LogP contribution in [0.1, 0.15) is 24.8 Å². The first-order chi connectivity index (χ1) is 8.60. The highest BCUT2D eigenvalue weighted by molar-refractivity contribution is 6.31. The summed E-state index contributed by atoms with van der Waals surface area (Å²) < 4.78 is 0. The molecule has 4 nitrogen and oxygen atoms in total. The molecule has 1 saturated carbocycles. The zero-order valence-electron chi connectivity index (χ0n) is 9.82. The second kappa shape index (κ2) is 5.38. The van der Waals surface area contributed by atoms with Crippen LogP contribution in [0.4, 0.5) is 5.69 Å². The number of nitriles is 1. The Kier molecular flexibility index (Phi) is 3.85. The van der Waals surface area contributed by atoms with Crippen molar-refractivity contribution in [3.8, 4) is 6.07 Å². The van der Waals surface area contributed by atoms with Crippen molar-refractivity contribution in [2.75, 3.05) is 5.32 Å². The minimum atomic E-state index is -0.0817. The fraction of sp³-hybridized carbons (Fsp3) is 0.385. The molecule has 0 aromatic heterocycles. The second-order valence-corrected chi connectivity index (χ2v) is 5.00. The first-order valence-electron chi connectivity index (χ1n) is 5.86. The first-order valence-corrected chi connectivity index (χ1v) is 6.24. The van der Waals surface area contributed by atoms with E-state index in [1.165, 1.54) is 0 Å². The maximum Gasteiger partial charge on any atom is 0.227 e. The summed E-state index contributed by atoms with van der Waals surface area (Å²) in [5.74, 6) is -0.146. The number of halogens is 1. The Bertz CT molecular complexity index is 509. The molecule has 0 bridgehead atoms. The Hall–Kier alpha value is -1.57. The maximum atomic E-state index is 12.0. The smallest absolute Gasteiger partial charge is 0.227 e. The van der Waals surface area contributed by atoms with Crippen molar-refractivity contribution in [1.82, 2.24) is 0 Å². The molecule has 3 N–H and O–H groups in total. The SMILES string of the molecule is N#Cc1ccc(Cl)cc1NC(=O)C1CCC(N)C1. The van der Waals surface area contributed by atoms with E-state index in [1.807, 2.05) is 6.07 Å². The van der Waals surface area contributed by atoms with E-state index in [2.05, 4.69) is 5.32 Å². The zero-order valence-corrected chi connectivity index (χ0v) is 10.6. The summed E-state index contributed by atoms with van der Waals surface area (Å²) in [6.45, 7) is 0. The molecule has 1 aliphatic rings. The molecule has 1 fully saturated rings. The molecular formula is C13H14ClN3O. The summed E-state index contributed by atoms with van der Waals surface area (Å²) in [5.41, 5.74) is 6.66. The van der Waals surface area contributed by atoms with Crippen molar-refractivity contribution in [3.05, 3.63) is 28.8 Å². The fourth-order valence-electron chi connectivity index (χ4n) is 2.21. The van der Waals surface area contributed by atoms with Gasteiger partial charge in [0.15, 0.2) is 0 Å². The van der Waals surface area contributed by atoms with Crippen LogP contribution in [0, 0.1) is 17.2 Å². The van der Waals surface area contributed by atoms with Crippen LogP contribution in [-0.2, 0) is 4.79 Å². The summed E-state index contributed by atoms with van der Waals surface area (Å²) in [6.07, 6.45) is 2.38. The van der Waals surface area contributed by atoms with Crippen LogP contribution in [-0.4, -0.2) is 11.9 Å². The molecule has 5 heteroatoms. The summed E-state index contributed by atoms with van der Waals surface area (Å²) in [5, 5.41) is 12.2. The number of carbonyl (C=O) groups excluding carboxylic acids is 1. The van der Waals surface area contributed by atoms with Gasteiger partial charge in [0.2, 0.25) is 5.91 Å². The third-order valence-electron chi connectivity index (χ3n) is 3.20. The molecule has 0 heterocycles. The minimum Gasteiger partial charge on any atom is -0.328 e. The Morgan fingerprint density at radius 2 is 2.28 bits per heavy atom. The van der Waals surface area contributed by atoms with Gasteiger partial charge in [0.25, 0.3) is 0 Å². The van der Waals surface area contributed by atoms with Crippen molar-refractivity contribution in [3.63, 3.8) is 0 Å². The van der Waals surface area contributed by atoms with E-state index in [4.69, 9.17) is 22.6 Å². The lowest BCUT2D eigenvalue weighted by Gasteiger charge is -2.12. The predicted octanol–water partition coefficient (Wildman–Crippen LogP) is 2.28. The number of nitrogens with one attached hydrogen (secondary N) is 1. The minimum absolute atomic E-state index is 0.0643. The highest BCUT2D eigenvalue weighted by atomic mass is 35.5. The monoisotopic (exact) mass is 263 g/mol. The van der Waals surface area contributed by atoms with Crippen LogP contribution in [0.5, 0.6) is 0 Å². The highest BCUT2D eigenvalue weighted by Gasteiger charge is 2.28. The molecule has 1 aliphatic carbocycles. The van der Waals surface area contributed by atoms with Crippen molar-refractivity contribution in [2.45, 2.75) is 25.3 Å². The summed E-state index contributed by atoms with van der Waals surface area (Å²) in [7, 11) is 0. The lowest BCUT2D eigenvalue weighted by molar-refractivity contribution is -0.119. The topological polar surface area (TPSA) is 78.9 Å². The van der Waals surface area contributed by atoms with Crippen LogP contribution >= 0.6 is 11.6 Å². The molecule has 94 valence electrons. The summed E-state index contributed by atoms with van der Waals surface area (Å²) in [4.78, 5) is 12.0. The van der Waals surface area contributed by atoms with Crippen LogP contribution in [0.15, 0.2) is 18.2 Å². The zero-order chi connectivity index (χ0) is 13.1. The molecule has 1 aromatic carbocycles. The molecule has 1 amide bonds. The van der Waals surface area contributed by atoms with Gasteiger partial charge in [-0.05, 0) is 37.5 Å². The third-order valence-corrected chi connectivity index (χ3v) is 3.44. The molecule has 2 rings (SSSR count). The van der Waals surface area contributed by atoms with Crippen molar-refractivity contribution >= 4 is 23.2 Å². The maximum absolute atomic E-state index is 12.0. The van der Waals surface area contributed by atoms with Gasteiger partial charge >= 0.3 is 0 Å². The van der Waals surface area contributed by atoms with Crippen LogP contribution in [0.3, 0.4) is 0 Å². The lowest BCUT2D eigenvalue weighted by Crippen LogP contribution is -2.23. The molecule has 0 radical (unpaired) electrons. The Labute approximate surface area is 111 Å². The van der Waals surface area contributed by atoms with Gasteiger partial charge in [0.05, 0.1) is 11.3 Å². The fourth-order valence-corrected chi connectivity index (χ4v) is 2.38. The Balaban J connectivity index is 2.12. The molecule has 2 atom stereocenters. The van der Waals surface area contributed by atoms with Gasteiger partial charge in [0.1, 0.15) is 6.07 Å². The number of amides is 1. The van der Waals surface area contributed by atoms with Gasteiger partial charge in [0, 0.05) is 17.0 Å². The summed E-state index contributed by atoms with van der Waals surface area (Å²) >= 11 is 5.86. The van der Waals surface area contributed by atoms with E-state index >= 15 is 0 Å². The van der Waals surface area contributed by atoms with E-state index in [-0.39, 0.29) is 17.9 Å². The van der Waals surface area contributed by atoms with E-state index < -0.39 is 0 Å². The van der Waals surface area contributed by atoms with Crippen LogP contribution in [0.25, 0.3) is 0 Å². The molecule has 2 unspecified atom stereocenters. The largest absolute Gasteiger partial charge is 0.328 e. The Morgan fingerprint density at radius 3 is 2.89 bits per heavy atom. The number of hydrogen-bond donors (Lipinski definition) is 2. The molecular weight excluding hydrogens is 250 g/mol. The first kappa shape index (κ1) is 12.9. The molecule has 18 heavy (non-hydrogen) atoms. The van der Waals surface area contributed by atoms with E-state index in [9.17, 15) is 4.79 Å². The van der Waals surface area contributed by atoms with Gasteiger partial charge in [-0.2, -0.15) is 5.26 Å². The predicted molar refractivity (Wildman–Crippen MR) is 70.1 cm³/mol. The van der Waals surface area contributed by atoms with Gasteiger partial charge < -0.3 is 11.1 Å². The number of nitrogens with zero attached hydrogens (tertiary/aromatic N) is 1. The molecule has 1 aromatic rings. The molecule has 0 saturated heterocycles. The highest BCUT2D eigenvalue weighted by Crippen LogP contribution is 2.27. The third kappa shape index (κ3) is 2.81. The van der Waals surface area contributed by atoms with Crippen molar-refractivity contribution in [1.29, 1.82) is 5.26 Å². The lowest BCUT2D eigenvalue weighted by atomic mass is 10.1.